The predicted octanol–water partition coefficient (Wildman–Crippen LogP) is 8.05. The van der Waals surface area contributed by atoms with E-state index in [9.17, 15) is 14.7 Å². The summed E-state index contributed by atoms with van der Waals surface area (Å²) in [5.41, 5.74) is 7.85. The molecule has 0 spiro atoms. The van der Waals surface area contributed by atoms with Gasteiger partial charge in [-0.2, -0.15) is 0 Å². The average molecular weight is 742 g/mol. The molecule has 5 N–H and O–H groups in total. The van der Waals surface area contributed by atoms with Gasteiger partial charge in [-0.05, 0) is 108 Å². The Morgan fingerprint density at radius 3 is 2.40 bits per heavy atom. The van der Waals surface area contributed by atoms with E-state index in [0.717, 1.165) is 8.04 Å². The summed E-state index contributed by atoms with van der Waals surface area (Å²) in [5, 5.41) is 16.3. The summed E-state index contributed by atoms with van der Waals surface area (Å²) < 4.78 is 14.0. The van der Waals surface area contributed by atoms with Gasteiger partial charge in [-0.15, -0.1) is 0 Å². The lowest BCUT2D eigenvalue weighted by atomic mass is 9.99. The number of amides is 2. The third-order valence-electron chi connectivity index (χ3n) is 6.09. The van der Waals surface area contributed by atoms with Gasteiger partial charge >= 0.3 is 6.09 Å². The molecule has 4 rings (SSSR count). The maximum absolute atomic E-state index is 13.1. The van der Waals surface area contributed by atoms with Gasteiger partial charge in [-0.25, -0.2) is 4.79 Å². The minimum Gasteiger partial charge on any atom is -0.508 e. The molecule has 0 fully saturated rings. The quantitative estimate of drug-likeness (QED) is 0.0701. The SMILES string of the molecule is Nc1ccccc1NC(=O)/C=C/CC[C@H](Oc1ccccc1)[C@@H](OC(=O)Nc1ccc(Br)cc1)c1cc(I)ccc1O. The van der Waals surface area contributed by atoms with Gasteiger partial charge in [-0.3, -0.25) is 10.1 Å². The van der Waals surface area contributed by atoms with Crippen molar-refractivity contribution >= 4 is 67.6 Å². The molecule has 0 saturated carbocycles. The van der Waals surface area contributed by atoms with E-state index >= 15 is 0 Å². The number of aromatic hydroxyl groups is 1. The van der Waals surface area contributed by atoms with Crippen LogP contribution in [0.1, 0.15) is 24.5 Å². The number of phenolic OH excluding ortho intramolecular Hbond substituents is 1. The molecule has 0 bridgehead atoms. The first-order valence-corrected chi connectivity index (χ1v) is 14.9. The van der Waals surface area contributed by atoms with Gasteiger partial charge < -0.3 is 25.6 Å². The standard InChI is InChI=1S/C32H29BrIN3O5/c33-21-14-17-23(18-15-21)36-32(40)42-31(25-20-22(34)16-19-28(25)38)29(41-24-8-2-1-3-9-24)12-6-7-13-30(39)37-27-11-5-4-10-26(27)35/h1-5,7-11,13-20,29,31,38H,6,12,35H2,(H,36,40)(H,37,39)/b13-7+/t29-,31-/m0/s1. The van der Waals surface area contributed by atoms with Gasteiger partial charge in [-0.1, -0.05) is 52.3 Å². The zero-order chi connectivity index (χ0) is 29.9. The number of carbonyl (C=O) groups is 2. The van der Waals surface area contributed by atoms with E-state index in [4.69, 9.17) is 15.2 Å². The summed E-state index contributed by atoms with van der Waals surface area (Å²) in [7, 11) is 0. The lowest BCUT2D eigenvalue weighted by Gasteiger charge is -2.28. The fourth-order valence-corrected chi connectivity index (χ4v) is 4.85. The first-order chi connectivity index (χ1) is 20.3. The normalized spacial score (nSPS) is 12.3. The lowest BCUT2D eigenvalue weighted by molar-refractivity contribution is -0.111. The summed E-state index contributed by atoms with van der Waals surface area (Å²) in [4.78, 5) is 25.6. The number of hydrogen-bond acceptors (Lipinski definition) is 6. The Bertz CT molecular complexity index is 1530. The van der Waals surface area contributed by atoms with Crippen molar-refractivity contribution in [1.82, 2.24) is 0 Å². The van der Waals surface area contributed by atoms with Gasteiger partial charge in [0.2, 0.25) is 5.91 Å². The zero-order valence-corrected chi connectivity index (χ0v) is 26.1. The third-order valence-corrected chi connectivity index (χ3v) is 7.29. The molecule has 8 nitrogen and oxygen atoms in total. The lowest BCUT2D eigenvalue weighted by Crippen LogP contribution is -2.31. The van der Waals surface area contributed by atoms with Crippen LogP contribution < -0.4 is 21.1 Å². The van der Waals surface area contributed by atoms with E-state index in [-0.39, 0.29) is 11.7 Å². The van der Waals surface area contributed by atoms with E-state index in [0.29, 0.717) is 41.2 Å². The smallest absolute Gasteiger partial charge is 0.412 e. The summed E-state index contributed by atoms with van der Waals surface area (Å²) in [5.74, 6) is 0.204. The van der Waals surface area contributed by atoms with Crippen LogP contribution in [0.15, 0.2) is 114 Å². The van der Waals surface area contributed by atoms with Crippen LogP contribution in [0.2, 0.25) is 0 Å². The summed E-state index contributed by atoms with van der Waals surface area (Å²) in [6, 6.07) is 28.3. The summed E-state index contributed by atoms with van der Waals surface area (Å²) in [6.45, 7) is 0. The molecule has 2 amide bonds. The Balaban J connectivity index is 1.56. The van der Waals surface area contributed by atoms with E-state index in [1.54, 1.807) is 84.9 Å². The molecule has 2 atom stereocenters. The van der Waals surface area contributed by atoms with Gasteiger partial charge in [0, 0.05) is 19.3 Å². The molecule has 0 unspecified atom stereocenters. The maximum atomic E-state index is 13.1. The number of anilines is 3. The molecule has 0 saturated heterocycles. The predicted molar refractivity (Wildman–Crippen MR) is 177 cm³/mol. The third kappa shape index (κ3) is 9.25. The first kappa shape index (κ1) is 30.9. The van der Waals surface area contributed by atoms with Gasteiger partial charge in [0.15, 0.2) is 6.10 Å². The van der Waals surface area contributed by atoms with Crippen molar-refractivity contribution in [3.8, 4) is 11.5 Å². The zero-order valence-electron chi connectivity index (χ0n) is 22.4. The van der Waals surface area contributed by atoms with Crippen LogP contribution in [-0.4, -0.2) is 23.2 Å². The Kier molecular flexibility index (Phi) is 11.2. The molecule has 0 radical (unpaired) electrons. The molecular weight excluding hydrogens is 713 g/mol. The summed E-state index contributed by atoms with van der Waals surface area (Å²) >= 11 is 5.52. The van der Waals surface area contributed by atoms with Crippen LogP contribution in [0.4, 0.5) is 21.9 Å². The van der Waals surface area contributed by atoms with Crippen molar-refractivity contribution in [3.05, 3.63) is 123 Å². The van der Waals surface area contributed by atoms with E-state index < -0.39 is 18.3 Å². The number of allylic oxidation sites excluding steroid dienone is 1. The van der Waals surface area contributed by atoms with Crippen LogP contribution in [0.5, 0.6) is 11.5 Å². The Morgan fingerprint density at radius 1 is 0.952 bits per heavy atom. The van der Waals surface area contributed by atoms with Gasteiger partial charge in [0.05, 0.1) is 11.4 Å². The van der Waals surface area contributed by atoms with Crippen LogP contribution in [0, 0.1) is 3.57 Å². The fourth-order valence-electron chi connectivity index (χ4n) is 4.07. The van der Waals surface area contributed by atoms with Gasteiger partial charge in [0.1, 0.15) is 17.6 Å². The first-order valence-electron chi connectivity index (χ1n) is 13.0. The molecule has 0 heterocycles. The number of ether oxygens (including phenoxy) is 2. The van der Waals surface area contributed by atoms with Crippen molar-refractivity contribution in [2.75, 3.05) is 16.4 Å². The molecular formula is C32H29BrIN3O5. The fraction of sp³-hybridized carbons (Fsp3) is 0.125. The van der Waals surface area contributed by atoms with E-state index in [2.05, 4.69) is 49.2 Å². The van der Waals surface area contributed by atoms with Crippen molar-refractivity contribution < 1.29 is 24.2 Å². The molecule has 4 aromatic carbocycles. The minimum absolute atomic E-state index is 0.0334. The molecule has 10 heteroatoms. The second-order valence-corrected chi connectivity index (χ2v) is 11.3. The number of para-hydroxylation sites is 3. The molecule has 4 aromatic rings. The highest BCUT2D eigenvalue weighted by Gasteiger charge is 2.31. The number of nitrogen functional groups attached to an aromatic ring is 1. The number of rotatable bonds is 11. The maximum Gasteiger partial charge on any atom is 0.412 e. The largest absolute Gasteiger partial charge is 0.508 e. The molecule has 0 aliphatic rings. The molecule has 216 valence electrons. The Hall–Kier alpha value is -4.03. The number of nitrogens with two attached hydrogens (primary N) is 1. The summed E-state index contributed by atoms with van der Waals surface area (Å²) in [6.07, 6.45) is 1.49. The number of halogens is 2. The van der Waals surface area contributed by atoms with Crippen LogP contribution in [-0.2, 0) is 9.53 Å². The molecule has 0 aromatic heterocycles. The van der Waals surface area contributed by atoms with Crippen molar-refractivity contribution in [2.24, 2.45) is 0 Å². The second-order valence-electron chi connectivity index (χ2n) is 9.19. The van der Waals surface area contributed by atoms with Crippen molar-refractivity contribution in [1.29, 1.82) is 0 Å². The van der Waals surface area contributed by atoms with E-state index in [1.807, 2.05) is 18.2 Å². The monoisotopic (exact) mass is 741 g/mol. The molecule has 42 heavy (non-hydrogen) atoms. The van der Waals surface area contributed by atoms with Crippen LogP contribution in [0.25, 0.3) is 0 Å². The second kappa shape index (κ2) is 15.3. The Morgan fingerprint density at radius 2 is 1.67 bits per heavy atom. The minimum atomic E-state index is -0.985. The Labute approximate surface area is 266 Å². The van der Waals surface area contributed by atoms with Crippen LogP contribution >= 0.6 is 38.5 Å². The van der Waals surface area contributed by atoms with E-state index in [1.165, 1.54) is 6.08 Å². The number of carbonyl (C=O) groups excluding carboxylic acids is 2. The van der Waals surface area contributed by atoms with Crippen molar-refractivity contribution in [2.45, 2.75) is 25.0 Å². The van der Waals surface area contributed by atoms with Gasteiger partial charge in [0.25, 0.3) is 0 Å². The number of hydrogen-bond donors (Lipinski definition) is 4. The molecule has 0 aliphatic heterocycles. The number of benzene rings is 4. The van der Waals surface area contributed by atoms with Crippen molar-refractivity contribution in [3.63, 3.8) is 0 Å². The highest BCUT2D eigenvalue weighted by atomic mass is 127. The topological polar surface area (TPSA) is 123 Å². The number of phenols is 1. The van der Waals surface area contributed by atoms with Crippen LogP contribution in [0.3, 0.4) is 0 Å². The highest BCUT2D eigenvalue weighted by molar-refractivity contribution is 14.1. The highest BCUT2D eigenvalue weighted by Crippen LogP contribution is 2.35. The molecule has 0 aliphatic carbocycles. The number of nitrogens with one attached hydrogen (secondary N) is 2. The average Bonchev–Trinajstić information content (AvgIpc) is 2.98.